The molecule has 1 aromatic carbocycles. The second-order valence-electron chi connectivity index (χ2n) is 7.03. The first-order chi connectivity index (χ1) is 11.1. The minimum atomic E-state index is -0.257. The van der Waals surface area contributed by atoms with Crippen molar-refractivity contribution in [1.82, 2.24) is 5.32 Å². The number of aryl methyl sites for hydroxylation is 1. The van der Waals surface area contributed by atoms with E-state index in [2.05, 4.69) is 38.2 Å². The van der Waals surface area contributed by atoms with Crippen molar-refractivity contribution in [2.24, 2.45) is 11.8 Å². The van der Waals surface area contributed by atoms with E-state index in [1.54, 1.807) is 6.07 Å². The molecule has 1 fully saturated rings. The van der Waals surface area contributed by atoms with Crippen LogP contribution in [0, 0.1) is 11.8 Å². The molecule has 124 valence electrons. The first-order valence-corrected chi connectivity index (χ1v) is 8.87. The summed E-state index contributed by atoms with van der Waals surface area (Å²) < 4.78 is 5.39. The van der Waals surface area contributed by atoms with Crippen LogP contribution in [0.3, 0.4) is 0 Å². The standard InChI is InChI=1S/C20H27NO2/c1-4-15-8-9-17-16(11-20(22)23-19(17)10-15)12-21-18-7-5-6-13(2)14(18)3/h8-11,13-14,18,21H,4-7,12H2,1-3H3. The predicted molar refractivity (Wildman–Crippen MR) is 94.7 cm³/mol. The Labute approximate surface area is 138 Å². The summed E-state index contributed by atoms with van der Waals surface area (Å²) in [5.74, 6) is 1.45. The van der Waals surface area contributed by atoms with Gasteiger partial charge in [0.2, 0.25) is 0 Å². The largest absolute Gasteiger partial charge is 0.423 e. The maximum atomic E-state index is 11.9. The zero-order chi connectivity index (χ0) is 16.4. The van der Waals surface area contributed by atoms with Crippen LogP contribution in [0.2, 0.25) is 0 Å². The van der Waals surface area contributed by atoms with Gasteiger partial charge in [0.25, 0.3) is 0 Å². The van der Waals surface area contributed by atoms with Gasteiger partial charge >= 0.3 is 5.63 Å². The molecule has 0 bridgehead atoms. The molecule has 1 aliphatic carbocycles. The molecule has 1 saturated carbocycles. The molecule has 0 aliphatic heterocycles. The lowest BCUT2D eigenvalue weighted by molar-refractivity contribution is 0.206. The van der Waals surface area contributed by atoms with Crippen LogP contribution in [0.1, 0.15) is 51.2 Å². The molecule has 1 N–H and O–H groups in total. The average Bonchev–Trinajstić information content (AvgIpc) is 2.55. The minimum absolute atomic E-state index is 0.257. The molecular formula is C20H27NO2. The molecule has 3 atom stereocenters. The van der Waals surface area contributed by atoms with Crippen molar-refractivity contribution in [3.05, 3.63) is 45.8 Å². The summed E-state index contributed by atoms with van der Waals surface area (Å²) in [6.07, 6.45) is 4.79. The number of benzene rings is 1. The van der Waals surface area contributed by atoms with Crippen LogP contribution < -0.4 is 10.9 Å². The molecule has 2 aromatic rings. The van der Waals surface area contributed by atoms with Crippen LogP contribution in [0.5, 0.6) is 0 Å². The summed E-state index contributed by atoms with van der Waals surface area (Å²) in [7, 11) is 0. The van der Waals surface area contributed by atoms with Crippen molar-refractivity contribution in [2.75, 3.05) is 0 Å². The summed E-state index contributed by atoms with van der Waals surface area (Å²) in [5.41, 5.74) is 2.69. The van der Waals surface area contributed by atoms with Crippen molar-refractivity contribution in [3.8, 4) is 0 Å². The minimum Gasteiger partial charge on any atom is -0.423 e. The number of rotatable bonds is 4. The Morgan fingerprint density at radius 2 is 2.04 bits per heavy atom. The van der Waals surface area contributed by atoms with E-state index >= 15 is 0 Å². The molecular weight excluding hydrogens is 286 g/mol. The fraction of sp³-hybridized carbons (Fsp3) is 0.550. The lowest BCUT2D eigenvalue weighted by Crippen LogP contribution is -2.40. The van der Waals surface area contributed by atoms with Crippen LogP contribution in [0.25, 0.3) is 11.0 Å². The molecule has 1 aliphatic rings. The highest BCUT2D eigenvalue weighted by atomic mass is 16.4. The van der Waals surface area contributed by atoms with E-state index in [0.29, 0.717) is 17.5 Å². The van der Waals surface area contributed by atoms with Gasteiger partial charge < -0.3 is 9.73 Å². The first-order valence-electron chi connectivity index (χ1n) is 8.87. The van der Waals surface area contributed by atoms with Crippen LogP contribution in [-0.2, 0) is 13.0 Å². The number of nitrogens with one attached hydrogen (secondary N) is 1. The predicted octanol–water partition coefficient (Wildman–Crippen LogP) is 4.27. The molecule has 1 heterocycles. The van der Waals surface area contributed by atoms with Crippen LogP contribution in [0.4, 0.5) is 0 Å². The van der Waals surface area contributed by atoms with Gasteiger partial charge in [0, 0.05) is 24.0 Å². The summed E-state index contributed by atoms with van der Waals surface area (Å²) >= 11 is 0. The Morgan fingerprint density at radius 1 is 1.22 bits per heavy atom. The highest BCUT2D eigenvalue weighted by Gasteiger charge is 2.26. The van der Waals surface area contributed by atoms with Crippen molar-refractivity contribution in [1.29, 1.82) is 0 Å². The van der Waals surface area contributed by atoms with Crippen molar-refractivity contribution >= 4 is 11.0 Å². The lowest BCUT2D eigenvalue weighted by atomic mass is 9.78. The highest BCUT2D eigenvalue weighted by molar-refractivity contribution is 5.80. The Kier molecular flexibility index (Phi) is 4.86. The monoisotopic (exact) mass is 313 g/mol. The summed E-state index contributed by atoms with van der Waals surface area (Å²) in [4.78, 5) is 11.9. The number of hydrogen-bond acceptors (Lipinski definition) is 3. The Bertz CT molecular complexity index is 734. The van der Waals surface area contributed by atoms with Crippen LogP contribution in [0.15, 0.2) is 33.5 Å². The van der Waals surface area contributed by atoms with Gasteiger partial charge in [0.15, 0.2) is 0 Å². The third-order valence-corrected chi connectivity index (χ3v) is 5.56. The Morgan fingerprint density at radius 3 is 2.83 bits per heavy atom. The normalized spacial score (nSPS) is 24.9. The van der Waals surface area contributed by atoms with Gasteiger partial charge in [0.05, 0.1) is 0 Å². The van der Waals surface area contributed by atoms with E-state index in [1.165, 1.54) is 24.8 Å². The van der Waals surface area contributed by atoms with Gasteiger partial charge in [0.1, 0.15) is 5.58 Å². The summed E-state index contributed by atoms with van der Waals surface area (Å²) in [5, 5.41) is 4.73. The molecule has 3 unspecified atom stereocenters. The molecule has 23 heavy (non-hydrogen) atoms. The zero-order valence-corrected chi connectivity index (χ0v) is 14.4. The topological polar surface area (TPSA) is 42.2 Å². The third kappa shape index (κ3) is 3.50. The van der Waals surface area contributed by atoms with Crippen molar-refractivity contribution < 1.29 is 4.42 Å². The third-order valence-electron chi connectivity index (χ3n) is 5.56. The van der Waals surface area contributed by atoms with Crippen molar-refractivity contribution in [3.63, 3.8) is 0 Å². The quantitative estimate of drug-likeness (QED) is 0.857. The first kappa shape index (κ1) is 16.3. The second-order valence-corrected chi connectivity index (χ2v) is 7.03. The molecule has 3 nitrogen and oxygen atoms in total. The van der Waals surface area contributed by atoms with Gasteiger partial charge in [-0.15, -0.1) is 0 Å². The molecule has 1 aromatic heterocycles. The average molecular weight is 313 g/mol. The van der Waals surface area contributed by atoms with E-state index in [0.717, 1.165) is 29.8 Å². The number of fused-ring (bicyclic) bond motifs is 1. The molecule has 0 amide bonds. The fourth-order valence-electron chi connectivity index (χ4n) is 3.75. The van der Waals surface area contributed by atoms with Gasteiger partial charge in [-0.1, -0.05) is 45.7 Å². The second kappa shape index (κ2) is 6.88. The van der Waals surface area contributed by atoms with Gasteiger partial charge in [-0.3, -0.25) is 0 Å². The Hall–Kier alpha value is -1.61. The fourth-order valence-corrected chi connectivity index (χ4v) is 3.75. The molecule has 0 radical (unpaired) electrons. The molecule has 0 spiro atoms. The van der Waals surface area contributed by atoms with E-state index in [4.69, 9.17) is 4.42 Å². The van der Waals surface area contributed by atoms with E-state index < -0.39 is 0 Å². The van der Waals surface area contributed by atoms with Gasteiger partial charge in [-0.05, 0) is 41.9 Å². The molecule has 3 heteroatoms. The van der Waals surface area contributed by atoms with Crippen molar-refractivity contribution in [2.45, 2.75) is 59.0 Å². The molecule has 0 saturated heterocycles. The Balaban J connectivity index is 1.83. The summed E-state index contributed by atoms with van der Waals surface area (Å²) in [6, 6.07) is 8.37. The maximum absolute atomic E-state index is 11.9. The smallest absolute Gasteiger partial charge is 0.336 e. The number of hydrogen-bond donors (Lipinski definition) is 1. The lowest BCUT2D eigenvalue weighted by Gasteiger charge is -2.34. The maximum Gasteiger partial charge on any atom is 0.336 e. The summed E-state index contributed by atoms with van der Waals surface area (Å²) in [6.45, 7) is 7.52. The van der Waals surface area contributed by atoms with E-state index in [9.17, 15) is 4.79 Å². The van der Waals surface area contributed by atoms with Crippen LogP contribution in [-0.4, -0.2) is 6.04 Å². The van der Waals surface area contributed by atoms with Gasteiger partial charge in [-0.2, -0.15) is 0 Å². The molecule has 3 rings (SSSR count). The van der Waals surface area contributed by atoms with E-state index in [1.807, 2.05) is 6.07 Å². The highest BCUT2D eigenvalue weighted by Crippen LogP contribution is 2.30. The van der Waals surface area contributed by atoms with Gasteiger partial charge in [-0.25, -0.2) is 4.79 Å². The van der Waals surface area contributed by atoms with Crippen LogP contribution >= 0.6 is 0 Å². The van der Waals surface area contributed by atoms with E-state index in [-0.39, 0.29) is 5.63 Å². The SMILES string of the molecule is CCc1ccc2c(CNC3CCCC(C)C3C)cc(=O)oc2c1. The zero-order valence-electron chi connectivity index (χ0n) is 14.4.